The van der Waals surface area contributed by atoms with Crippen molar-refractivity contribution in [2.24, 2.45) is 0 Å². The number of hydrogen-bond acceptors (Lipinski definition) is 4. The van der Waals surface area contributed by atoms with Crippen molar-refractivity contribution in [1.82, 2.24) is 24.9 Å². The number of rotatable bonds is 5. The quantitative estimate of drug-likeness (QED) is 0.724. The zero-order chi connectivity index (χ0) is 15.5. The summed E-state index contributed by atoms with van der Waals surface area (Å²) in [4.78, 5) is 6.66. The molecule has 0 aliphatic carbocycles. The lowest BCUT2D eigenvalue weighted by atomic mass is 10.2. The third-order valence-electron chi connectivity index (χ3n) is 3.75. The lowest BCUT2D eigenvalue weighted by Gasteiger charge is -2.15. The Balaban J connectivity index is 1.96. The summed E-state index contributed by atoms with van der Waals surface area (Å²) >= 11 is 6.03. The lowest BCUT2D eigenvalue weighted by Crippen LogP contribution is -2.22. The van der Waals surface area contributed by atoms with Gasteiger partial charge in [-0.2, -0.15) is 0 Å². The van der Waals surface area contributed by atoms with Crippen molar-refractivity contribution in [1.29, 1.82) is 0 Å². The first kappa shape index (κ1) is 14.9. The fraction of sp³-hybridized carbons (Fsp3) is 0.312. The van der Waals surface area contributed by atoms with Gasteiger partial charge in [0.1, 0.15) is 0 Å². The maximum atomic E-state index is 6.03. The Morgan fingerprint density at radius 1 is 1.18 bits per heavy atom. The zero-order valence-electron chi connectivity index (χ0n) is 12.7. The molecule has 0 spiro atoms. The standard InChI is InChI=1S/C16H18ClN5/c1-3-21(4-2)10-13-11-22(20-19-13)16-7-8-18-15-9-12(17)5-6-14(15)16/h5-9,11H,3-4,10H2,1-2H3. The van der Waals surface area contributed by atoms with Crippen molar-refractivity contribution in [3.8, 4) is 5.69 Å². The SMILES string of the molecule is CCN(CC)Cc1cn(-c2ccnc3cc(Cl)ccc23)nn1. The number of fused-ring (bicyclic) bond motifs is 1. The predicted octanol–water partition coefficient (Wildman–Crippen LogP) is 3.31. The van der Waals surface area contributed by atoms with Crippen LogP contribution in [0.25, 0.3) is 16.6 Å². The Labute approximate surface area is 134 Å². The molecule has 6 heteroatoms. The molecule has 0 aliphatic rings. The van der Waals surface area contributed by atoms with Crippen LogP contribution >= 0.6 is 11.6 Å². The molecule has 0 amide bonds. The Kier molecular flexibility index (Phi) is 4.36. The number of nitrogens with zero attached hydrogens (tertiary/aromatic N) is 5. The summed E-state index contributed by atoms with van der Waals surface area (Å²) in [5.74, 6) is 0. The van der Waals surface area contributed by atoms with E-state index < -0.39 is 0 Å². The molecule has 22 heavy (non-hydrogen) atoms. The molecule has 0 aliphatic heterocycles. The summed E-state index contributed by atoms with van der Waals surface area (Å²) in [6.07, 6.45) is 3.74. The lowest BCUT2D eigenvalue weighted by molar-refractivity contribution is 0.292. The predicted molar refractivity (Wildman–Crippen MR) is 88.3 cm³/mol. The number of hydrogen-bond donors (Lipinski definition) is 0. The van der Waals surface area contributed by atoms with Gasteiger partial charge in [-0.1, -0.05) is 30.7 Å². The van der Waals surface area contributed by atoms with Gasteiger partial charge in [-0.25, -0.2) is 4.68 Å². The largest absolute Gasteiger partial charge is 0.298 e. The maximum absolute atomic E-state index is 6.03. The number of pyridine rings is 1. The van der Waals surface area contributed by atoms with Crippen molar-refractivity contribution in [3.05, 3.63) is 47.4 Å². The van der Waals surface area contributed by atoms with Crippen molar-refractivity contribution < 1.29 is 0 Å². The summed E-state index contributed by atoms with van der Waals surface area (Å²) in [6, 6.07) is 7.62. The molecule has 0 radical (unpaired) electrons. The molecule has 3 aromatic rings. The average molecular weight is 316 g/mol. The second kappa shape index (κ2) is 6.42. The van der Waals surface area contributed by atoms with E-state index in [4.69, 9.17) is 11.6 Å². The van der Waals surface area contributed by atoms with Crippen molar-refractivity contribution >= 4 is 22.5 Å². The highest BCUT2D eigenvalue weighted by molar-refractivity contribution is 6.31. The van der Waals surface area contributed by atoms with Crippen LogP contribution in [0.1, 0.15) is 19.5 Å². The van der Waals surface area contributed by atoms with Crippen molar-refractivity contribution in [3.63, 3.8) is 0 Å². The third kappa shape index (κ3) is 2.96. The highest BCUT2D eigenvalue weighted by Gasteiger charge is 2.09. The molecule has 2 heterocycles. The van der Waals surface area contributed by atoms with Crippen LogP contribution in [0.2, 0.25) is 5.02 Å². The van der Waals surface area contributed by atoms with E-state index in [9.17, 15) is 0 Å². The second-order valence-electron chi connectivity index (χ2n) is 5.11. The van der Waals surface area contributed by atoms with Gasteiger partial charge in [0, 0.05) is 23.2 Å². The van der Waals surface area contributed by atoms with E-state index in [-0.39, 0.29) is 0 Å². The van der Waals surface area contributed by atoms with Gasteiger partial charge in [-0.05, 0) is 37.4 Å². The van der Waals surface area contributed by atoms with Gasteiger partial charge in [0.15, 0.2) is 0 Å². The van der Waals surface area contributed by atoms with Crippen LogP contribution in [0.3, 0.4) is 0 Å². The molecule has 3 rings (SSSR count). The summed E-state index contributed by atoms with van der Waals surface area (Å²) in [5, 5.41) is 10.2. The number of aromatic nitrogens is 4. The second-order valence-corrected chi connectivity index (χ2v) is 5.54. The van der Waals surface area contributed by atoms with Crippen molar-refractivity contribution in [2.45, 2.75) is 20.4 Å². The van der Waals surface area contributed by atoms with E-state index in [0.29, 0.717) is 5.02 Å². The minimum absolute atomic E-state index is 0.679. The van der Waals surface area contributed by atoms with Crippen molar-refractivity contribution in [2.75, 3.05) is 13.1 Å². The Hall–Kier alpha value is -1.98. The smallest absolute Gasteiger partial charge is 0.0971 e. The van der Waals surface area contributed by atoms with Gasteiger partial charge in [0.2, 0.25) is 0 Å². The highest BCUT2D eigenvalue weighted by atomic mass is 35.5. The van der Waals surface area contributed by atoms with E-state index in [1.54, 1.807) is 10.9 Å². The summed E-state index contributed by atoms with van der Waals surface area (Å²) < 4.78 is 1.80. The van der Waals surface area contributed by atoms with Crippen LogP contribution in [0.5, 0.6) is 0 Å². The highest BCUT2D eigenvalue weighted by Crippen LogP contribution is 2.23. The van der Waals surface area contributed by atoms with Gasteiger partial charge in [-0.3, -0.25) is 9.88 Å². The maximum Gasteiger partial charge on any atom is 0.0971 e. The molecule has 0 unspecified atom stereocenters. The van der Waals surface area contributed by atoms with E-state index in [2.05, 4.69) is 34.0 Å². The van der Waals surface area contributed by atoms with Gasteiger partial charge >= 0.3 is 0 Å². The molecule has 0 bridgehead atoms. The molecule has 5 nitrogen and oxygen atoms in total. The summed E-state index contributed by atoms with van der Waals surface area (Å²) in [5.41, 5.74) is 2.77. The van der Waals surface area contributed by atoms with Gasteiger partial charge in [0.05, 0.1) is 23.1 Å². The average Bonchev–Trinajstić information content (AvgIpc) is 3.00. The zero-order valence-corrected chi connectivity index (χ0v) is 13.5. The van der Waals surface area contributed by atoms with Crippen LogP contribution in [0, 0.1) is 0 Å². The van der Waals surface area contributed by atoms with Crippen LogP contribution < -0.4 is 0 Å². The van der Waals surface area contributed by atoms with Crippen LogP contribution in [0.4, 0.5) is 0 Å². The Morgan fingerprint density at radius 3 is 2.77 bits per heavy atom. The molecule has 1 aromatic carbocycles. The number of benzene rings is 1. The molecule has 0 atom stereocenters. The van der Waals surface area contributed by atoms with Gasteiger partial charge < -0.3 is 0 Å². The first-order valence-electron chi connectivity index (χ1n) is 7.39. The first-order valence-corrected chi connectivity index (χ1v) is 7.77. The normalized spacial score (nSPS) is 11.5. The minimum Gasteiger partial charge on any atom is -0.298 e. The topological polar surface area (TPSA) is 46.8 Å². The van der Waals surface area contributed by atoms with Crippen LogP contribution in [-0.4, -0.2) is 38.0 Å². The third-order valence-corrected chi connectivity index (χ3v) is 3.98. The van der Waals surface area contributed by atoms with E-state index in [1.807, 2.05) is 30.5 Å². The van der Waals surface area contributed by atoms with E-state index >= 15 is 0 Å². The number of halogens is 1. The molecule has 2 aromatic heterocycles. The molecule has 114 valence electrons. The molecule has 0 N–H and O–H groups in total. The van der Waals surface area contributed by atoms with Gasteiger partial charge in [-0.15, -0.1) is 5.10 Å². The van der Waals surface area contributed by atoms with Crippen LogP contribution in [-0.2, 0) is 6.54 Å². The monoisotopic (exact) mass is 315 g/mol. The van der Waals surface area contributed by atoms with Crippen LogP contribution in [0.15, 0.2) is 36.7 Å². The molecular weight excluding hydrogens is 298 g/mol. The molecule has 0 saturated heterocycles. The molecular formula is C16H18ClN5. The Morgan fingerprint density at radius 2 is 2.00 bits per heavy atom. The van der Waals surface area contributed by atoms with Gasteiger partial charge in [0.25, 0.3) is 0 Å². The first-order chi connectivity index (χ1) is 10.7. The Bertz CT molecular complexity index is 779. The minimum atomic E-state index is 0.679. The fourth-order valence-electron chi connectivity index (χ4n) is 2.47. The van der Waals surface area contributed by atoms with E-state index in [1.165, 1.54) is 0 Å². The molecule has 0 fully saturated rings. The van der Waals surface area contributed by atoms with E-state index in [0.717, 1.165) is 41.9 Å². The molecule has 0 saturated carbocycles. The summed E-state index contributed by atoms with van der Waals surface area (Å²) in [7, 11) is 0. The fourth-order valence-corrected chi connectivity index (χ4v) is 2.64. The summed E-state index contributed by atoms with van der Waals surface area (Å²) in [6.45, 7) is 7.10.